The fourth-order valence-corrected chi connectivity index (χ4v) is 14.8. The Labute approximate surface area is 531 Å². The number of benzene rings is 4. The molecule has 0 aromatic heterocycles. The van der Waals surface area contributed by atoms with Gasteiger partial charge < -0.3 is 29.2 Å². The summed E-state index contributed by atoms with van der Waals surface area (Å²) in [5.41, 5.74) is 13.7. The third-order valence-electron chi connectivity index (χ3n) is 25.2. The zero-order chi connectivity index (χ0) is 65.3. The molecule has 87 heavy (non-hydrogen) atoms. The molecule has 2 unspecified atom stereocenters. The van der Waals surface area contributed by atoms with Gasteiger partial charge in [0, 0.05) is 16.4 Å². The number of hydrogen-bond donors (Lipinski definition) is 2. The van der Waals surface area contributed by atoms with Gasteiger partial charge in [0.05, 0.1) is 31.8 Å². The molecule has 484 valence electrons. The Morgan fingerprint density at radius 1 is 0.391 bits per heavy atom. The van der Waals surface area contributed by atoms with E-state index < -0.39 is 40.0 Å². The van der Waals surface area contributed by atoms with Gasteiger partial charge >= 0.3 is 0 Å². The summed E-state index contributed by atoms with van der Waals surface area (Å²) in [7, 11) is 0. The molecule has 4 aromatic rings. The van der Waals surface area contributed by atoms with Gasteiger partial charge in [-0.1, -0.05) is 242 Å². The van der Waals surface area contributed by atoms with Gasteiger partial charge in [-0.3, -0.25) is 0 Å². The molecule has 0 amide bonds. The van der Waals surface area contributed by atoms with Crippen molar-refractivity contribution in [2.45, 2.75) is 325 Å². The molecule has 2 N–H and O–H groups in total. The Kier molecular flexibility index (Phi) is 18.4. The molecule has 0 radical (unpaired) electrons. The highest BCUT2D eigenvalue weighted by atomic mass is 16.7. The predicted molar refractivity (Wildman–Crippen MR) is 365 cm³/mol. The van der Waals surface area contributed by atoms with Gasteiger partial charge in [0.2, 0.25) is 5.79 Å². The van der Waals surface area contributed by atoms with E-state index in [0.29, 0.717) is 6.42 Å². The molecule has 4 aliphatic rings. The van der Waals surface area contributed by atoms with E-state index in [9.17, 15) is 14.9 Å². The van der Waals surface area contributed by atoms with Crippen molar-refractivity contribution < 1.29 is 29.2 Å². The molecular weight excluding hydrogens is 1070 g/mol. The summed E-state index contributed by atoms with van der Waals surface area (Å²) in [4.78, 5) is 0. The fraction of sp³-hybridized carbons (Fsp3) is 0.704. The number of aliphatic hydroxyl groups excluding tert-OH is 2. The first-order chi connectivity index (χ1) is 40.0. The van der Waals surface area contributed by atoms with Gasteiger partial charge in [-0.05, 0) is 191 Å². The zero-order valence-electron chi connectivity index (χ0n) is 60.7. The highest BCUT2D eigenvalue weighted by Gasteiger charge is 2.75. The molecule has 3 aliphatic heterocycles. The molecule has 6 nitrogen and oxygen atoms in total. The first kappa shape index (κ1) is 69.5. The molecule has 3 heterocycles. The molecule has 2 atom stereocenters. The van der Waals surface area contributed by atoms with E-state index in [2.05, 4.69) is 242 Å². The van der Waals surface area contributed by atoms with Crippen LogP contribution in [0, 0.1) is 16.2 Å². The van der Waals surface area contributed by atoms with Crippen LogP contribution in [0.4, 0.5) is 0 Å². The Morgan fingerprint density at radius 2 is 0.701 bits per heavy atom. The second-order valence-corrected chi connectivity index (χ2v) is 34.7. The summed E-state index contributed by atoms with van der Waals surface area (Å²) in [6, 6.07) is 20.6. The summed E-state index contributed by atoms with van der Waals surface area (Å²) in [6.45, 7) is 66.4. The van der Waals surface area contributed by atoms with Gasteiger partial charge in [0.25, 0.3) is 0 Å². The molecule has 2 bridgehead atoms. The third kappa shape index (κ3) is 10.9. The van der Waals surface area contributed by atoms with Crippen LogP contribution in [0.25, 0.3) is 0 Å². The molecule has 2 spiro atoms. The van der Waals surface area contributed by atoms with Crippen molar-refractivity contribution >= 4 is 0 Å². The van der Waals surface area contributed by atoms with E-state index in [1.54, 1.807) is 0 Å². The number of rotatable bonds is 20. The van der Waals surface area contributed by atoms with E-state index in [-0.39, 0.29) is 69.7 Å². The molecule has 2 saturated heterocycles. The minimum absolute atomic E-state index is 0.112. The topological polar surface area (TPSA) is 77.4 Å². The van der Waals surface area contributed by atoms with Crippen molar-refractivity contribution in [2.24, 2.45) is 16.2 Å². The highest BCUT2D eigenvalue weighted by Crippen LogP contribution is 2.73. The van der Waals surface area contributed by atoms with Crippen LogP contribution in [0.3, 0.4) is 0 Å². The Balaban J connectivity index is 1.84. The van der Waals surface area contributed by atoms with Crippen LogP contribution in [0.1, 0.15) is 340 Å². The molecular formula is C81H124O6. The van der Waals surface area contributed by atoms with Gasteiger partial charge in [0.1, 0.15) is 11.7 Å². The standard InChI is InChI=1S/C81H124O6/c1-29-69(9,10)55-39-51-37-54-42-58(72(15,16)32-4)46-62(76(23,24)36-8)66(54)81(78(27,28)48-83)86-67(63(51)59(43-55)73(17,18)33-5)79(49-84-68(85-50-79)77(25,26)47-82)80(87-81)64-52(40-56(70(11,12)30-2)44-60(64)74(19,20)34-6)38-53-41-57(71(13,14)31-3)45-61(65(53)80)75(21,22)35-7/h39-46,67-68,82-83H,29-38,47-50H2,1-28H3. The number of fused-ring (bicyclic) bond motifs is 12. The number of aliphatic hydroxyl groups is 2. The minimum atomic E-state index is -1.62. The maximum Gasteiger partial charge on any atom is 0.204 e. The third-order valence-corrected chi connectivity index (χ3v) is 25.2. The quantitative estimate of drug-likeness (QED) is 0.0918. The van der Waals surface area contributed by atoms with E-state index >= 15 is 0 Å². The van der Waals surface area contributed by atoms with Gasteiger partial charge in [-0.2, -0.15) is 0 Å². The Morgan fingerprint density at radius 3 is 1.05 bits per heavy atom. The zero-order valence-corrected chi connectivity index (χ0v) is 60.7. The lowest BCUT2D eigenvalue weighted by atomic mass is 9.50. The fourth-order valence-electron chi connectivity index (χ4n) is 14.8. The Bertz CT molecular complexity index is 3080. The first-order valence-electron chi connectivity index (χ1n) is 34.6. The number of hydrogen-bond acceptors (Lipinski definition) is 6. The summed E-state index contributed by atoms with van der Waals surface area (Å²) < 4.78 is 33.9. The lowest BCUT2D eigenvalue weighted by molar-refractivity contribution is -0.464. The number of ether oxygens (including phenoxy) is 4. The average molecular weight is 1190 g/mol. The van der Waals surface area contributed by atoms with Gasteiger partial charge in [0.15, 0.2) is 6.29 Å². The minimum Gasteiger partial charge on any atom is -0.396 e. The van der Waals surface area contributed by atoms with Gasteiger partial charge in [-0.15, -0.1) is 0 Å². The summed E-state index contributed by atoms with van der Waals surface area (Å²) in [5, 5.41) is 24.2. The van der Waals surface area contributed by atoms with Crippen LogP contribution in [0.2, 0.25) is 0 Å². The SMILES string of the molecule is CCC(C)(C)c1cc2c(c(C(C)(C)CC)c1)C1OC(C(C)(C)CO)(OC3(c4c(cc(C(C)(C)CC)cc4C(C)(C)CC)Cc4cc(C(C)(C)CC)cc(C(C)(C)CC)c43)C13COC(C(C)(C)CO)OC3)c1c(cc(C(C)(C)CC)cc1C(C)(C)CC)C2. The normalized spacial score (nSPS) is 22.2. The lowest BCUT2D eigenvalue weighted by Crippen LogP contribution is -2.72. The van der Waals surface area contributed by atoms with Crippen molar-refractivity contribution in [1.29, 1.82) is 0 Å². The van der Waals surface area contributed by atoms with Crippen LogP contribution in [-0.2, 0) is 86.5 Å². The summed E-state index contributed by atoms with van der Waals surface area (Å²) >= 11 is 0. The van der Waals surface area contributed by atoms with Crippen LogP contribution in [-0.4, -0.2) is 42.9 Å². The lowest BCUT2D eigenvalue weighted by Gasteiger charge is -2.69. The van der Waals surface area contributed by atoms with Crippen molar-refractivity contribution in [3.63, 3.8) is 0 Å². The average Bonchev–Trinajstić information content (AvgIpc) is 0.652. The van der Waals surface area contributed by atoms with Crippen molar-refractivity contribution in [3.8, 4) is 0 Å². The highest BCUT2D eigenvalue weighted by molar-refractivity contribution is 5.66. The van der Waals surface area contributed by atoms with E-state index in [0.717, 1.165) is 63.4 Å². The largest absolute Gasteiger partial charge is 0.396 e. The molecule has 2 fully saturated rings. The van der Waals surface area contributed by atoms with Crippen LogP contribution < -0.4 is 0 Å². The second-order valence-electron chi connectivity index (χ2n) is 34.7. The first-order valence-corrected chi connectivity index (χ1v) is 34.6. The summed E-state index contributed by atoms with van der Waals surface area (Å²) in [5.74, 6) is -1.62. The van der Waals surface area contributed by atoms with E-state index in [1.807, 2.05) is 0 Å². The van der Waals surface area contributed by atoms with Crippen LogP contribution >= 0.6 is 0 Å². The molecule has 0 saturated carbocycles. The van der Waals surface area contributed by atoms with Crippen LogP contribution in [0.15, 0.2) is 48.5 Å². The molecule has 1 aliphatic carbocycles. The summed E-state index contributed by atoms with van der Waals surface area (Å²) in [6.07, 6.45) is 7.33. The van der Waals surface area contributed by atoms with E-state index in [1.165, 1.54) is 83.5 Å². The Hall–Kier alpha value is -3.36. The predicted octanol–water partition coefficient (Wildman–Crippen LogP) is 20.3. The smallest absolute Gasteiger partial charge is 0.204 e. The molecule has 6 heteroatoms. The second kappa shape index (κ2) is 23.0. The molecule has 8 rings (SSSR count). The van der Waals surface area contributed by atoms with Crippen molar-refractivity contribution in [3.05, 3.63) is 138 Å². The van der Waals surface area contributed by atoms with Crippen LogP contribution in [0.5, 0.6) is 0 Å². The molecule has 4 aromatic carbocycles. The van der Waals surface area contributed by atoms with Gasteiger partial charge in [-0.25, -0.2) is 0 Å². The van der Waals surface area contributed by atoms with Crippen molar-refractivity contribution in [2.75, 3.05) is 26.4 Å². The monoisotopic (exact) mass is 1190 g/mol. The maximum absolute atomic E-state index is 12.9. The van der Waals surface area contributed by atoms with Crippen molar-refractivity contribution in [1.82, 2.24) is 0 Å². The maximum atomic E-state index is 12.9. The van der Waals surface area contributed by atoms with E-state index in [4.69, 9.17) is 14.2 Å².